The van der Waals surface area contributed by atoms with Crippen LogP contribution in [0.1, 0.15) is 36.4 Å². The second-order valence-electron chi connectivity index (χ2n) is 5.75. The number of benzene rings is 1. The van der Waals surface area contributed by atoms with E-state index in [1.165, 1.54) is 30.4 Å². The molecule has 2 unspecified atom stereocenters. The van der Waals surface area contributed by atoms with Crippen LogP contribution in [-0.4, -0.2) is 45.3 Å². The summed E-state index contributed by atoms with van der Waals surface area (Å²) >= 11 is 0. The van der Waals surface area contributed by atoms with Gasteiger partial charge in [0.1, 0.15) is 0 Å². The number of rotatable bonds is 6. The first-order valence-corrected chi connectivity index (χ1v) is 7.72. The monoisotopic (exact) mass is 276 g/mol. The van der Waals surface area contributed by atoms with Crippen LogP contribution in [-0.2, 0) is 11.2 Å². The predicted octanol–water partition coefficient (Wildman–Crippen LogP) is 2.62. The Kier molecular flexibility index (Phi) is 6.02. The number of hydrogen-bond acceptors (Lipinski definition) is 3. The lowest BCUT2D eigenvalue weighted by atomic mass is 9.95. The summed E-state index contributed by atoms with van der Waals surface area (Å²) in [6.45, 7) is 1.94. The molecular weight excluding hydrogens is 248 g/mol. The van der Waals surface area contributed by atoms with E-state index in [-0.39, 0.29) is 0 Å². The van der Waals surface area contributed by atoms with Gasteiger partial charge in [-0.2, -0.15) is 0 Å². The van der Waals surface area contributed by atoms with Gasteiger partial charge >= 0.3 is 0 Å². The van der Waals surface area contributed by atoms with Crippen molar-refractivity contribution >= 4 is 0 Å². The van der Waals surface area contributed by atoms with Crippen molar-refractivity contribution in [1.29, 1.82) is 0 Å². The van der Waals surface area contributed by atoms with Crippen LogP contribution in [0.5, 0.6) is 0 Å². The number of methoxy groups -OCH3 is 1. The number of ether oxygens (including phenoxy) is 1. The smallest absolute Gasteiger partial charge is 0.0478 e. The lowest BCUT2D eigenvalue weighted by Gasteiger charge is -2.34. The maximum atomic E-state index is 5.17. The average Bonchev–Trinajstić information content (AvgIpc) is 2.66. The summed E-state index contributed by atoms with van der Waals surface area (Å²) in [5.74, 6) is 0. The van der Waals surface area contributed by atoms with Crippen LogP contribution in [0.2, 0.25) is 0 Å². The highest BCUT2D eigenvalue weighted by Crippen LogP contribution is 2.31. The molecule has 0 saturated heterocycles. The van der Waals surface area contributed by atoms with E-state index in [2.05, 4.69) is 48.6 Å². The lowest BCUT2D eigenvalue weighted by Crippen LogP contribution is -2.42. The largest absolute Gasteiger partial charge is 0.385 e. The molecular formula is C17H28N2O. The van der Waals surface area contributed by atoms with E-state index in [4.69, 9.17) is 4.74 Å². The SMILES string of the molecule is CNC1c2ccccc2CCCC1N(C)CCCOC. The molecule has 0 radical (unpaired) electrons. The molecule has 1 aromatic rings. The highest BCUT2D eigenvalue weighted by Gasteiger charge is 2.28. The molecule has 112 valence electrons. The number of likely N-dealkylation sites (N-methyl/N-ethyl adjacent to an activating group) is 2. The summed E-state index contributed by atoms with van der Waals surface area (Å²) in [4.78, 5) is 2.50. The summed E-state index contributed by atoms with van der Waals surface area (Å²) in [6, 6.07) is 9.90. The molecule has 1 aliphatic rings. The first kappa shape index (κ1) is 15.5. The Morgan fingerprint density at radius 2 is 2.15 bits per heavy atom. The van der Waals surface area contributed by atoms with Gasteiger partial charge in [0.15, 0.2) is 0 Å². The van der Waals surface area contributed by atoms with Crippen LogP contribution in [0.15, 0.2) is 24.3 Å². The lowest BCUT2D eigenvalue weighted by molar-refractivity contribution is 0.147. The van der Waals surface area contributed by atoms with Crippen LogP contribution in [0.4, 0.5) is 0 Å². The molecule has 0 aromatic heterocycles. The van der Waals surface area contributed by atoms with Gasteiger partial charge < -0.3 is 15.0 Å². The molecule has 1 aromatic carbocycles. The molecule has 0 bridgehead atoms. The molecule has 3 nitrogen and oxygen atoms in total. The minimum absolute atomic E-state index is 0.432. The summed E-state index contributed by atoms with van der Waals surface area (Å²) in [7, 11) is 6.11. The van der Waals surface area contributed by atoms with Crippen LogP contribution in [0.25, 0.3) is 0 Å². The van der Waals surface area contributed by atoms with Gasteiger partial charge in [-0.25, -0.2) is 0 Å². The molecule has 0 heterocycles. The van der Waals surface area contributed by atoms with E-state index in [0.717, 1.165) is 19.6 Å². The Morgan fingerprint density at radius 1 is 1.35 bits per heavy atom. The van der Waals surface area contributed by atoms with E-state index in [0.29, 0.717) is 12.1 Å². The van der Waals surface area contributed by atoms with Crippen molar-refractivity contribution in [2.75, 3.05) is 34.4 Å². The summed E-state index contributed by atoms with van der Waals surface area (Å²) in [5.41, 5.74) is 3.00. The molecule has 0 amide bonds. The molecule has 20 heavy (non-hydrogen) atoms. The fourth-order valence-corrected chi connectivity index (χ4v) is 3.39. The fourth-order valence-electron chi connectivity index (χ4n) is 3.39. The molecule has 0 saturated carbocycles. The van der Waals surface area contributed by atoms with E-state index in [9.17, 15) is 0 Å². The third-order valence-electron chi connectivity index (χ3n) is 4.46. The summed E-state index contributed by atoms with van der Waals surface area (Å²) < 4.78 is 5.17. The van der Waals surface area contributed by atoms with Gasteiger partial charge in [-0.3, -0.25) is 0 Å². The highest BCUT2D eigenvalue weighted by molar-refractivity contribution is 5.32. The van der Waals surface area contributed by atoms with E-state index >= 15 is 0 Å². The van der Waals surface area contributed by atoms with E-state index in [1.807, 2.05) is 0 Å². The maximum absolute atomic E-state index is 5.17. The topological polar surface area (TPSA) is 24.5 Å². The number of nitrogens with one attached hydrogen (secondary N) is 1. The van der Waals surface area contributed by atoms with Crippen molar-refractivity contribution in [3.63, 3.8) is 0 Å². The third-order valence-corrected chi connectivity index (χ3v) is 4.46. The number of hydrogen-bond donors (Lipinski definition) is 1. The highest BCUT2D eigenvalue weighted by atomic mass is 16.5. The van der Waals surface area contributed by atoms with Crippen LogP contribution in [0, 0.1) is 0 Å². The normalized spacial score (nSPS) is 22.6. The first-order chi connectivity index (χ1) is 9.77. The van der Waals surface area contributed by atoms with Gasteiger partial charge in [0.25, 0.3) is 0 Å². The van der Waals surface area contributed by atoms with E-state index < -0.39 is 0 Å². The van der Waals surface area contributed by atoms with Gasteiger partial charge in [-0.15, -0.1) is 0 Å². The third kappa shape index (κ3) is 3.60. The van der Waals surface area contributed by atoms with Gasteiger partial charge in [-0.05, 0) is 50.9 Å². The van der Waals surface area contributed by atoms with Crippen molar-refractivity contribution in [3.8, 4) is 0 Å². The molecule has 2 atom stereocenters. The van der Waals surface area contributed by atoms with Crippen molar-refractivity contribution in [2.45, 2.75) is 37.8 Å². The quantitative estimate of drug-likeness (QED) is 0.638. The molecule has 0 aliphatic heterocycles. The fraction of sp³-hybridized carbons (Fsp3) is 0.647. The Bertz CT molecular complexity index is 408. The molecule has 3 heteroatoms. The Labute approximate surface area is 123 Å². The minimum atomic E-state index is 0.432. The van der Waals surface area contributed by atoms with E-state index in [1.54, 1.807) is 7.11 Å². The van der Waals surface area contributed by atoms with Gasteiger partial charge in [0.05, 0.1) is 0 Å². The average molecular weight is 276 g/mol. The first-order valence-electron chi connectivity index (χ1n) is 7.72. The maximum Gasteiger partial charge on any atom is 0.0478 e. The van der Waals surface area contributed by atoms with Crippen LogP contribution in [0.3, 0.4) is 0 Å². The zero-order chi connectivity index (χ0) is 14.4. The van der Waals surface area contributed by atoms with Crippen molar-refractivity contribution in [1.82, 2.24) is 10.2 Å². The van der Waals surface area contributed by atoms with Crippen molar-refractivity contribution < 1.29 is 4.74 Å². The second kappa shape index (κ2) is 7.77. The minimum Gasteiger partial charge on any atom is -0.385 e. The van der Waals surface area contributed by atoms with Crippen molar-refractivity contribution in [2.24, 2.45) is 0 Å². The summed E-state index contributed by atoms with van der Waals surface area (Å²) in [5, 5.41) is 3.55. The molecule has 0 spiro atoms. The number of nitrogens with zero attached hydrogens (tertiary/aromatic N) is 1. The molecule has 2 rings (SSSR count). The molecule has 1 N–H and O–H groups in total. The zero-order valence-corrected chi connectivity index (χ0v) is 13.1. The Hall–Kier alpha value is -0.900. The standard InChI is InChI=1S/C17H28N2O/c1-18-17-15-10-5-4-8-14(15)9-6-11-16(17)19(2)12-7-13-20-3/h4-5,8,10,16-18H,6-7,9,11-13H2,1-3H3. The zero-order valence-electron chi connectivity index (χ0n) is 13.1. The predicted molar refractivity (Wildman–Crippen MR) is 84.1 cm³/mol. The van der Waals surface area contributed by atoms with Gasteiger partial charge in [0.2, 0.25) is 0 Å². The van der Waals surface area contributed by atoms with Crippen LogP contribution >= 0.6 is 0 Å². The van der Waals surface area contributed by atoms with Crippen LogP contribution < -0.4 is 5.32 Å². The molecule has 1 aliphatic carbocycles. The number of aryl methyl sites for hydroxylation is 1. The Balaban J connectivity index is 2.12. The van der Waals surface area contributed by atoms with Gasteiger partial charge in [0, 0.05) is 32.3 Å². The second-order valence-corrected chi connectivity index (χ2v) is 5.75. The summed E-state index contributed by atoms with van der Waals surface area (Å²) in [6.07, 6.45) is 4.83. The van der Waals surface area contributed by atoms with Gasteiger partial charge in [-0.1, -0.05) is 24.3 Å². The number of fused-ring (bicyclic) bond motifs is 1. The van der Waals surface area contributed by atoms with Crippen molar-refractivity contribution in [3.05, 3.63) is 35.4 Å². The molecule has 0 fully saturated rings. The Morgan fingerprint density at radius 3 is 2.90 bits per heavy atom.